The van der Waals surface area contributed by atoms with Crippen molar-refractivity contribution in [1.82, 2.24) is 10.6 Å². The molecule has 6 heteroatoms. The van der Waals surface area contributed by atoms with Gasteiger partial charge in [-0.25, -0.2) is 0 Å². The first-order chi connectivity index (χ1) is 8.59. The summed E-state index contributed by atoms with van der Waals surface area (Å²) in [6.45, 7) is 8.86. The summed E-state index contributed by atoms with van der Waals surface area (Å²) < 4.78 is 0. The van der Waals surface area contributed by atoms with Gasteiger partial charge >= 0.3 is 0 Å². The SMILES string of the molecule is CCC(C)C(NC(=O)CNC(=O)C(C)(C)C)C(N)=O. The predicted octanol–water partition coefficient (Wildman–Crippen LogP) is 0.165. The summed E-state index contributed by atoms with van der Waals surface area (Å²) in [5, 5.41) is 5.07. The Bertz CT molecular complexity index is 348. The van der Waals surface area contributed by atoms with Crippen LogP contribution < -0.4 is 16.4 Å². The lowest BCUT2D eigenvalue weighted by Gasteiger charge is -2.22. The average Bonchev–Trinajstić information content (AvgIpc) is 2.30. The lowest BCUT2D eigenvalue weighted by molar-refractivity contribution is -0.132. The first-order valence-corrected chi connectivity index (χ1v) is 6.46. The zero-order valence-corrected chi connectivity index (χ0v) is 12.4. The molecule has 0 saturated heterocycles. The van der Waals surface area contributed by atoms with Gasteiger partial charge in [0, 0.05) is 5.41 Å². The monoisotopic (exact) mass is 271 g/mol. The quantitative estimate of drug-likeness (QED) is 0.641. The molecule has 0 heterocycles. The summed E-state index contributed by atoms with van der Waals surface area (Å²) in [6.07, 6.45) is 0.724. The smallest absolute Gasteiger partial charge is 0.240 e. The standard InChI is InChI=1S/C13H25N3O3/c1-6-8(2)10(11(14)18)16-9(17)7-15-12(19)13(3,4)5/h8,10H,6-7H2,1-5H3,(H2,14,18)(H,15,19)(H,16,17). The van der Waals surface area contributed by atoms with Gasteiger partial charge in [0.25, 0.3) is 0 Å². The Hall–Kier alpha value is -1.59. The highest BCUT2D eigenvalue weighted by atomic mass is 16.2. The van der Waals surface area contributed by atoms with Crippen molar-refractivity contribution in [2.45, 2.75) is 47.1 Å². The van der Waals surface area contributed by atoms with E-state index >= 15 is 0 Å². The minimum atomic E-state index is -0.705. The van der Waals surface area contributed by atoms with Crippen LogP contribution in [-0.4, -0.2) is 30.3 Å². The van der Waals surface area contributed by atoms with Gasteiger partial charge in [-0.1, -0.05) is 41.0 Å². The summed E-state index contributed by atoms with van der Waals surface area (Å²) >= 11 is 0. The molecule has 0 fully saturated rings. The summed E-state index contributed by atoms with van der Waals surface area (Å²) in [7, 11) is 0. The number of nitrogens with one attached hydrogen (secondary N) is 2. The second kappa shape index (κ2) is 7.11. The largest absolute Gasteiger partial charge is 0.368 e. The molecule has 0 aliphatic heterocycles. The van der Waals surface area contributed by atoms with Crippen LogP contribution in [0.5, 0.6) is 0 Å². The van der Waals surface area contributed by atoms with Gasteiger partial charge < -0.3 is 16.4 Å². The average molecular weight is 271 g/mol. The van der Waals surface area contributed by atoms with Crippen molar-refractivity contribution < 1.29 is 14.4 Å². The second-order valence-corrected chi connectivity index (χ2v) is 5.77. The summed E-state index contributed by atoms with van der Waals surface area (Å²) in [4.78, 5) is 34.5. The lowest BCUT2D eigenvalue weighted by Crippen LogP contribution is -2.51. The van der Waals surface area contributed by atoms with E-state index in [1.165, 1.54) is 0 Å². The van der Waals surface area contributed by atoms with Crippen molar-refractivity contribution >= 4 is 17.7 Å². The van der Waals surface area contributed by atoms with Crippen molar-refractivity contribution in [3.8, 4) is 0 Å². The van der Waals surface area contributed by atoms with Crippen molar-refractivity contribution in [1.29, 1.82) is 0 Å². The van der Waals surface area contributed by atoms with Gasteiger partial charge in [-0.05, 0) is 5.92 Å². The molecule has 2 atom stereocenters. The van der Waals surface area contributed by atoms with Crippen molar-refractivity contribution in [3.63, 3.8) is 0 Å². The Balaban J connectivity index is 4.37. The first-order valence-electron chi connectivity index (χ1n) is 6.46. The van der Waals surface area contributed by atoms with Crippen LogP contribution in [0.1, 0.15) is 41.0 Å². The molecule has 4 N–H and O–H groups in total. The van der Waals surface area contributed by atoms with E-state index in [9.17, 15) is 14.4 Å². The number of nitrogens with two attached hydrogens (primary N) is 1. The van der Waals surface area contributed by atoms with Gasteiger partial charge in [0.15, 0.2) is 0 Å². The van der Waals surface area contributed by atoms with E-state index < -0.39 is 23.3 Å². The summed E-state index contributed by atoms with van der Waals surface area (Å²) in [6, 6.07) is -0.705. The minimum absolute atomic E-state index is 0.0419. The third-order valence-corrected chi connectivity index (χ3v) is 2.93. The third kappa shape index (κ3) is 6.22. The van der Waals surface area contributed by atoms with E-state index in [-0.39, 0.29) is 18.4 Å². The van der Waals surface area contributed by atoms with E-state index in [1.807, 2.05) is 13.8 Å². The van der Waals surface area contributed by atoms with E-state index in [1.54, 1.807) is 20.8 Å². The number of amides is 3. The van der Waals surface area contributed by atoms with Crippen LogP contribution in [0.25, 0.3) is 0 Å². The van der Waals surface area contributed by atoms with Crippen LogP contribution in [0.15, 0.2) is 0 Å². The topological polar surface area (TPSA) is 101 Å². The van der Waals surface area contributed by atoms with Gasteiger partial charge in [0.05, 0.1) is 6.54 Å². The Morgan fingerprint density at radius 3 is 2.11 bits per heavy atom. The molecule has 0 aromatic heterocycles. The summed E-state index contributed by atoms with van der Waals surface area (Å²) in [5.74, 6) is -1.24. The molecule has 0 radical (unpaired) electrons. The Kier molecular flexibility index (Phi) is 6.52. The Morgan fingerprint density at radius 1 is 1.21 bits per heavy atom. The van der Waals surface area contributed by atoms with Crippen LogP contribution in [0.4, 0.5) is 0 Å². The molecule has 19 heavy (non-hydrogen) atoms. The fourth-order valence-corrected chi connectivity index (χ4v) is 1.38. The fourth-order valence-electron chi connectivity index (χ4n) is 1.38. The Morgan fingerprint density at radius 2 is 1.74 bits per heavy atom. The molecular weight excluding hydrogens is 246 g/mol. The van der Waals surface area contributed by atoms with Gasteiger partial charge in [-0.2, -0.15) is 0 Å². The molecule has 0 aliphatic rings. The molecule has 6 nitrogen and oxygen atoms in total. The van der Waals surface area contributed by atoms with Crippen LogP contribution in [0.2, 0.25) is 0 Å². The zero-order chi connectivity index (χ0) is 15.2. The predicted molar refractivity (Wildman–Crippen MR) is 73.0 cm³/mol. The highest BCUT2D eigenvalue weighted by Crippen LogP contribution is 2.12. The van der Waals surface area contributed by atoms with Crippen LogP contribution in [0, 0.1) is 11.3 Å². The molecule has 0 aliphatic carbocycles. The third-order valence-electron chi connectivity index (χ3n) is 2.93. The van der Waals surface area contributed by atoms with E-state index in [0.29, 0.717) is 0 Å². The van der Waals surface area contributed by atoms with Gasteiger partial charge in [-0.15, -0.1) is 0 Å². The van der Waals surface area contributed by atoms with Crippen molar-refractivity contribution in [2.24, 2.45) is 17.1 Å². The molecule has 0 rings (SSSR count). The molecule has 0 saturated carbocycles. The lowest BCUT2D eigenvalue weighted by atomic mass is 9.96. The van der Waals surface area contributed by atoms with E-state index in [0.717, 1.165) is 6.42 Å². The number of rotatable bonds is 6. The zero-order valence-electron chi connectivity index (χ0n) is 12.4. The van der Waals surface area contributed by atoms with E-state index in [4.69, 9.17) is 5.73 Å². The molecule has 3 amide bonds. The number of primary amides is 1. The molecule has 0 aromatic carbocycles. The van der Waals surface area contributed by atoms with Crippen LogP contribution in [0.3, 0.4) is 0 Å². The molecule has 2 unspecified atom stereocenters. The number of carbonyl (C=O) groups is 3. The number of hydrogen-bond acceptors (Lipinski definition) is 3. The van der Waals surface area contributed by atoms with Gasteiger partial charge in [0.1, 0.15) is 6.04 Å². The highest BCUT2D eigenvalue weighted by Gasteiger charge is 2.25. The maximum absolute atomic E-state index is 11.7. The number of carbonyl (C=O) groups excluding carboxylic acids is 3. The van der Waals surface area contributed by atoms with Crippen LogP contribution in [-0.2, 0) is 14.4 Å². The molecule has 110 valence electrons. The highest BCUT2D eigenvalue weighted by molar-refractivity contribution is 5.90. The van der Waals surface area contributed by atoms with Gasteiger partial charge in [0.2, 0.25) is 17.7 Å². The van der Waals surface area contributed by atoms with Crippen molar-refractivity contribution in [3.05, 3.63) is 0 Å². The molecular formula is C13H25N3O3. The van der Waals surface area contributed by atoms with Crippen molar-refractivity contribution in [2.75, 3.05) is 6.54 Å². The normalized spacial score (nSPS) is 14.4. The second-order valence-electron chi connectivity index (χ2n) is 5.77. The molecule has 0 bridgehead atoms. The Labute approximate surface area is 114 Å². The summed E-state index contributed by atoms with van der Waals surface area (Å²) in [5.41, 5.74) is 4.69. The van der Waals surface area contributed by atoms with E-state index in [2.05, 4.69) is 10.6 Å². The van der Waals surface area contributed by atoms with Crippen LogP contribution >= 0.6 is 0 Å². The minimum Gasteiger partial charge on any atom is -0.368 e. The maximum atomic E-state index is 11.7. The van der Waals surface area contributed by atoms with Gasteiger partial charge in [-0.3, -0.25) is 14.4 Å². The maximum Gasteiger partial charge on any atom is 0.240 e. The number of hydrogen-bond donors (Lipinski definition) is 3. The first kappa shape index (κ1) is 17.4. The fraction of sp³-hybridized carbons (Fsp3) is 0.769. The molecule has 0 aromatic rings. The molecule has 0 spiro atoms.